The largest absolute Gasteiger partial charge is 0.569 e. The number of aliphatic hydroxyl groups excluding tert-OH is 2. The first kappa shape index (κ1) is 97.8. The zero-order valence-electron chi connectivity index (χ0n) is 65.5. The molecule has 17 nitrogen and oxygen atoms in total. The van der Waals surface area contributed by atoms with Crippen LogP contribution in [-0.4, -0.2) is 146 Å². The lowest BCUT2D eigenvalue weighted by atomic mass is 9.67. The third-order valence-corrected chi connectivity index (χ3v) is 20.1. The second-order valence-electron chi connectivity index (χ2n) is 27.7. The number of phenols is 3. The van der Waals surface area contributed by atoms with Gasteiger partial charge in [0.25, 0.3) is 0 Å². The number of hydrogen-bond acceptors (Lipinski definition) is 17. The maximum atomic E-state index is 14.6. The molecular formula is C83H112BF12O17. The molecule has 0 aliphatic heterocycles. The zero-order chi connectivity index (χ0) is 83.2. The van der Waals surface area contributed by atoms with E-state index >= 15 is 0 Å². The Labute approximate surface area is 656 Å². The zero-order valence-corrected chi connectivity index (χ0v) is 65.5. The minimum absolute atomic E-state index is 0.00756. The van der Waals surface area contributed by atoms with Crippen molar-refractivity contribution in [2.24, 2.45) is 47.3 Å². The lowest BCUT2D eigenvalue weighted by Crippen LogP contribution is -2.28. The molecular weight excluding hydrogens is 1510 g/mol. The Hall–Kier alpha value is -7.58. The number of aliphatic hydroxyl groups is 2. The summed E-state index contributed by atoms with van der Waals surface area (Å²) >= 11 is 0. The molecule has 10 rings (SSSR count). The third kappa shape index (κ3) is 33.7. The quantitative estimate of drug-likeness (QED) is 0.0135. The van der Waals surface area contributed by atoms with Crippen LogP contribution in [0.25, 0.3) is 0 Å². The Morgan fingerprint density at radius 3 is 0.991 bits per heavy atom. The molecule has 1 unspecified atom stereocenters. The Balaban J connectivity index is 0.000000287. The topological polar surface area (TPSA) is 223 Å². The van der Waals surface area contributed by atoms with Gasteiger partial charge in [-0.2, -0.15) is 39.5 Å². The molecule has 0 heterocycles. The molecule has 4 saturated carbocycles. The van der Waals surface area contributed by atoms with E-state index < -0.39 is 98.9 Å². The van der Waals surface area contributed by atoms with Gasteiger partial charge in [0.2, 0.25) is 46.5 Å². The maximum Gasteiger partial charge on any atom is 0.569 e. The van der Waals surface area contributed by atoms with Crippen LogP contribution in [0.5, 0.6) is 51.7 Å². The van der Waals surface area contributed by atoms with Crippen LogP contribution < -0.4 is 28.3 Å². The fraction of sp³-hybridized carbons (Fsp3) is 0.566. The van der Waals surface area contributed by atoms with E-state index in [0.717, 1.165) is 110 Å². The molecule has 0 amide bonds. The summed E-state index contributed by atoms with van der Waals surface area (Å²) in [6, 6.07) is 16.6. The van der Waals surface area contributed by atoms with Crippen LogP contribution in [0, 0.1) is 117 Å². The molecule has 30 heteroatoms. The molecule has 4 fully saturated rings. The highest BCUT2D eigenvalue weighted by Gasteiger charge is 2.35. The number of phenolic OH excluding ortho intramolecular Hbond substituents is 3. The molecule has 1 atom stereocenters. The Bertz CT molecular complexity index is 3520. The fourth-order valence-corrected chi connectivity index (χ4v) is 13.9. The van der Waals surface area contributed by atoms with Crippen LogP contribution in [0.4, 0.5) is 52.7 Å². The van der Waals surface area contributed by atoms with Crippen molar-refractivity contribution < 1.29 is 135 Å². The minimum atomic E-state index is -1.31. The Morgan fingerprint density at radius 2 is 0.637 bits per heavy atom. The molecule has 113 heavy (non-hydrogen) atoms. The molecule has 0 saturated heterocycles. The average molecular weight is 1620 g/mol. The van der Waals surface area contributed by atoms with Gasteiger partial charge in [-0.1, -0.05) is 77.3 Å². The number of benzene rings is 6. The second-order valence-corrected chi connectivity index (χ2v) is 27.7. The van der Waals surface area contributed by atoms with Gasteiger partial charge >= 0.3 is 7.69 Å². The van der Waals surface area contributed by atoms with Gasteiger partial charge in [0.1, 0.15) is 38.8 Å². The molecule has 4 aliphatic carbocycles. The van der Waals surface area contributed by atoms with E-state index in [2.05, 4.69) is 28.0 Å². The first-order valence-corrected chi connectivity index (χ1v) is 38.3. The van der Waals surface area contributed by atoms with Crippen LogP contribution in [0.1, 0.15) is 154 Å². The van der Waals surface area contributed by atoms with Gasteiger partial charge in [0.15, 0.2) is 69.3 Å². The summed E-state index contributed by atoms with van der Waals surface area (Å²) in [5.74, 6) is -10.8. The molecule has 6 aromatic rings. The van der Waals surface area contributed by atoms with E-state index in [1.165, 1.54) is 175 Å². The van der Waals surface area contributed by atoms with Crippen molar-refractivity contribution in [3.63, 3.8) is 0 Å². The highest BCUT2D eigenvalue weighted by Crippen LogP contribution is 2.46. The van der Waals surface area contributed by atoms with E-state index in [4.69, 9.17) is 58.2 Å². The van der Waals surface area contributed by atoms with Gasteiger partial charge in [-0.05, 0) is 197 Å². The number of hydrogen-bond donors (Lipinski definition) is 6. The summed E-state index contributed by atoms with van der Waals surface area (Å²) in [5.41, 5.74) is 0.0510. The molecule has 4 aliphatic rings. The van der Waals surface area contributed by atoms with Gasteiger partial charge < -0.3 is 82.6 Å². The van der Waals surface area contributed by atoms with Gasteiger partial charge in [-0.3, -0.25) is 0 Å². The molecule has 0 spiro atoms. The molecule has 6 aromatic carbocycles. The summed E-state index contributed by atoms with van der Waals surface area (Å²) in [5, 5.41) is 54.3. The highest BCUT2D eigenvalue weighted by molar-refractivity contribution is 6.17. The Kier molecular flexibility index (Phi) is 47.7. The van der Waals surface area contributed by atoms with Crippen molar-refractivity contribution >= 4 is 7.69 Å². The van der Waals surface area contributed by atoms with E-state index in [1.807, 2.05) is 0 Å². The number of methoxy groups -OCH3 is 5. The summed E-state index contributed by atoms with van der Waals surface area (Å²) in [6.45, 7) is 7.20. The van der Waals surface area contributed by atoms with Gasteiger partial charge in [0, 0.05) is 47.7 Å². The number of ether oxygens (including phenoxy) is 10. The summed E-state index contributed by atoms with van der Waals surface area (Å²) in [7, 11) is 7.70. The standard InChI is InChI=1S/C25H38F2O3.C16H30O.C9H10BF2O4.2C9H10F2O3.C9H10F2O2.C6H4F2O/c1-3-4-17-5-7-18(8-6-17)19-9-11-20(12-10-19)25(28)21-13-14-22(24(27)23(21)26)30-16-15-29-2;1-2-3-13-4-8-15(9-5-13)16-10-6-14(12-17)7-11-16;1-14-4-5-15-6-2-3-7(16-10-13)9(12)8(6)11;2*1-13-4-5-14-7-3-2-6(12)8(10)9(7)11;1-12-5-6-13-8-4-2-3-7(10)9(8)11;7-4-2-1-3-5(9)6(4)8/h13-14,17-20,25,28H,3-12,15-16H2,1-2H3;13-17H,2-12H2,1H3;2-3,13H,4-5H2,1H3;2*2-3,12H,4-5H2,1H3;2-4H,5-6H2,1H3;1-3,9H. The van der Waals surface area contributed by atoms with Crippen LogP contribution in [0.2, 0.25) is 0 Å². The normalized spacial score (nSPS) is 19.3. The number of aromatic hydroxyl groups is 3. The SMILES string of the molecule is CCCC1CCC(C2CCC(C(O)c3ccc(OCCOC)c(F)c3F)CC2)CC1.CCCC1CCC(C2CCC(CO)CC2)CC1.COCCOc1ccc(O)c(F)c1F.COCCOc1ccc(O)c(F)c1F.COCCOc1ccc(O[B]O)c(F)c1F.COCCOc1cccc(F)c1F.Oc1cccc(F)c1F. The third-order valence-electron chi connectivity index (χ3n) is 20.1. The van der Waals surface area contributed by atoms with Gasteiger partial charge in [0.05, 0.1) is 39.1 Å². The lowest BCUT2D eigenvalue weighted by molar-refractivity contribution is 0.0534. The number of halogens is 12. The first-order chi connectivity index (χ1) is 54.4. The van der Waals surface area contributed by atoms with E-state index in [0.29, 0.717) is 25.7 Å². The fourth-order valence-electron chi connectivity index (χ4n) is 13.9. The monoisotopic (exact) mass is 1620 g/mol. The second kappa shape index (κ2) is 55.1. The highest BCUT2D eigenvalue weighted by atomic mass is 19.2. The van der Waals surface area contributed by atoms with E-state index in [9.17, 15) is 62.9 Å². The van der Waals surface area contributed by atoms with Crippen molar-refractivity contribution in [3.05, 3.63) is 160 Å². The molecule has 1 radical (unpaired) electrons. The molecule has 6 N–H and O–H groups in total. The smallest absolute Gasteiger partial charge is 0.535 e. The van der Waals surface area contributed by atoms with Crippen molar-refractivity contribution in [2.45, 2.75) is 148 Å². The molecule has 0 aromatic heterocycles. The van der Waals surface area contributed by atoms with Crippen LogP contribution >= 0.6 is 0 Å². The van der Waals surface area contributed by atoms with Crippen molar-refractivity contribution in [1.82, 2.24) is 0 Å². The van der Waals surface area contributed by atoms with E-state index in [1.54, 1.807) is 0 Å². The molecule has 633 valence electrons. The van der Waals surface area contributed by atoms with E-state index in [-0.39, 0.29) is 101 Å². The average Bonchev–Trinajstić information content (AvgIpc) is 0.803. The lowest BCUT2D eigenvalue weighted by Gasteiger charge is -2.39. The van der Waals surface area contributed by atoms with Gasteiger partial charge in [-0.15, -0.1) is 0 Å². The molecule has 0 bridgehead atoms. The minimum Gasteiger partial charge on any atom is -0.535 e. The first-order valence-electron chi connectivity index (χ1n) is 38.3. The van der Waals surface area contributed by atoms with Gasteiger partial charge in [-0.25, -0.2) is 13.2 Å². The summed E-state index contributed by atoms with van der Waals surface area (Å²) in [6.07, 6.45) is 25.2. The predicted molar refractivity (Wildman–Crippen MR) is 402 cm³/mol. The maximum absolute atomic E-state index is 14.6. The summed E-state index contributed by atoms with van der Waals surface area (Å²) < 4.78 is 209. The predicted octanol–water partition coefficient (Wildman–Crippen LogP) is 18.8. The Morgan fingerprint density at radius 1 is 0.336 bits per heavy atom. The van der Waals surface area contributed by atoms with Crippen LogP contribution in [0.15, 0.2) is 84.9 Å². The summed E-state index contributed by atoms with van der Waals surface area (Å²) in [4.78, 5) is 0. The number of rotatable bonds is 31. The van der Waals surface area contributed by atoms with Crippen molar-refractivity contribution in [1.29, 1.82) is 0 Å². The van der Waals surface area contributed by atoms with Crippen molar-refractivity contribution in [2.75, 3.05) is 108 Å². The van der Waals surface area contributed by atoms with Crippen LogP contribution in [0.3, 0.4) is 0 Å². The van der Waals surface area contributed by atoms with Crippen molar-refractivity contribution in [3.8, 4) is 51.7 Å². The van der Waals surface area contributed by atoms with Crippen LogP contribution in [-0.2, 0) is 23.7 Å².